The molecule has 0 bridgehead atoms. The van der Waals surface area contributed by atoms with Crippen molar-refractivity contribution >= 4 is 22.6 Å². The summed E-state index contributed by atoms with van der Waals surface area (Å²) in [5, 5.41) is 2.97. The molecule has 8 nitrogen and oxygen atoms in total. The van der Waals surface area contributed by atoms with Gasteiger partial charge in [0.15, 0.2) is 5.65 Å². The molecule has 0 aliphatic heterocycles. The van der Waals surface area contributed by atoms with Gasteiger partial charge in [-0.25, -0.2) is 14.3 Å². The molecule has 2 heterocycles. The van der Waals surface area contributed by atoms with Crippen LogP contribution in [-0.4, -0.2) is 27.1 Å². The second-order valence-electron chi connectivity index (χ2n) is 6.77. The van der Waals surface area contributed by atoms with Crippen molar-refractivity contribution in [1.82, 2.24) is 14.1 Å². The number of amides is 1. The maximum absolute atomic E-state index is 12.9. The van der Waals surface area contributed by atoms with Crippen LogP contribution < -0.4 is 21.3 Å². The van der Waals surface area contributed by atoms with Gasteiger partial charge in [0, 0.05) is 18.9 Å². The van der Waals surface area contributed by atoms with E-state index >= 15 is 0 Å². The van der Waals surface area contributed by atoms with Crippen molar-refractivity contribution in [1.29, 1.82) is 0 Å². The number of pyridine rings is 1. The van der Waals surface area contributed by atoms with Crippen LogP contribution in [0, 0.1) is 20.8 Å². The highest BCUT2D eigenvalue weighted by atomic mass is 16.5. The van der Waals surface area contributed by atoms with Crippen LogP contribution in [0.15, 0.2) is 34.0 Å². The highest BCUT2D eigenvalue weighted by Gasteiger charge is 2.18. The summed E-state index contributed by atoms with van der Waals surface area (Å²) in [5.74, 6) is -0.165. The molecule has 3 aromatic rings. The summed E-state index contributed by atoms with van der Waals surface area (Å²) in [6.45, 7) is 5.36. The van der Waals surface area contributed by atoms with Crippen LogP contribution in [0.2, 0.25) is 0 Å². The highest BCUT2D eigenvalue weighted by molar-refractivity contribution is 5.92. The van der Waals surface area contributed by atoms with E-state index in [-0.39, 0.29) is 11.0 Å². The van der Waals surface area contributed by atoms with Crippen LogP contribution >= 0.6 is 0 Å². The maximum Gasteiger partial charge on any atom is 0.332 e. The van der Waals surface area contributed by atoms with Gasteiger partial charge in [-0.2, -0.15) is 0 Å². The van der Waals surface area contributed by atoms with Crippen molar-refractivity contribution in [2.45, 2.75) is 27.3 Å². The van der Waals surface area contributed by atoms with E-state index in [9.17, 15) is 14.4 Å². The van der Waals surface area contributed by atoms with E-state index in [1.54, 1.807) is 0 Å². The number of benzene rings is 1. The van der Waals surface area contributed by atoms with E-state index in [0.29, 0.717) is 11.4 Å². The normalized spacial score (nSPS) is 10.9. The van der Waals surface area contributed by atoms with Crippen molar-refractivity contribution in [3.8, 4) is 5.75 Å². The Hall–Kier alpha value is -3.42. The molecule has 0 fully saturated rings. The smallest absolute Gasteiger partial charge is 0.332 e. The Morgan fingerprint density at radius 3 is 2.43 bits per heavy atom. The van der Waals surface area contributed by atoms with E-state index < -0.39 is 23.7 Å². The van der Waals surface area contributed by atoms with Crippen molar-refractivity contribution in [3.05, 3.63) is 61.9 Å². The summed E-state index contributed by atoms with van der Waals surface area (Å²) >= 11 is 0. The summed E-state index contributed by atoms with van der Waals surface area (Å²) in [6, 6.07) is 5.46. The van der Waals surface area contributed by atoms with Crippen LogP contribution in [0.3, 0.4) is 0 Å². The Kier molecular flexibility index (Phi) is 5.04. The van der Waals surface area contributed by atoms with Crippen LogP contribution in [0.4, 0.5) is 5.69 Å². The largest absolute Gasteiger partial charge is 0.496 e. The number of methoxy groups -OCH3 is 1. The lowest BCUT2D eigenvalue weighted by atomic mass is 10.1. The van der Waals surface area contributed by atoms with E-state index in [1.807, 2.05) is 32.9 Å². The number of ether oxygens (including phenoxy) is 1. The zero-order valence-electron chi connectivity index (χ0n) is 16.5. The third-order valence-corrected chi connectivity index (χ3v) is 4.65. The van der Waals surface area contributed by atoms with Crippen molar-refractivity contribution < 1.29 is 9.53 Å². The molecule has 0 spiro atoms. The van der Waals surface area contributed by atoms with Gasteiger partial charge in [0.25, 0.3) is 5.56 Å². The third kappa shape index (κ3) is 3.28. The number of hydrogen-bond donors (Lipinski definition) is 1. The number of aryl methyl sites for hydroxylation is 4. The molecule has 1 amide bonds. The third-order valence-electron chi connectivity index (χ3n) is 4.65. The zero-order chi connectivity index (χ0) is 20.6. The van der Waals surface area contributed by atoms with Crippen LogP contribution in [0.1, 0.15) is 16.7 Å². The number of nitrogens with zero attached hydrogens (tertiary/aromatic N) is 3. The molecule has 8 heteroatoms. The first kappa shape index (κ1) is 19.3. The van der Waals surface area contributed by atoms with Gasteiger partial charge in [-0.1, -0.05) is 17.7 Å². The lowest BCUT2D eigenvalue weighted by Crippen LogP contribution is -2.42. The Labute approximate surface area is 161 Å². The van der Waals surface area contributed by atoms with Gasteiger partial charge in [0.1, 0.15) is 17.7 Å². The number of anilines is 1. The molecule has 2 aromatic heterocycles. The van der Waals surface area contributed by atoms with Crippen LogP contribution in [0.5, 0.6) is 5.75 Å². The molecule has 28 heavy (non-hydrogen) atoms. The predicted octanol–water partition coefficient (Wildman–Crippen LogP) is 1.67. The standard InChI is InChI=1S/C20H22N4O4/c1-11-8-12(2)17(13(3)9-11)22-15(25)10-24-19(26)16-14(28-5)6-7-21-18(16)23(4)20(24)27/h6-9H,10H2,1-5H3,(H,22,25). The monoisotopic (exact) mass is 382 g/mol. The van der Waals surface area contributed by atoms with Crippen molar-refractivity contribution in [3.63, 3.8) is 0 Å². The Morgan fingerprint density at radius 1 is 1.18 bits per heavy atom. The summed E-state index contributed by atoms with van der Waals surface area (Å²) in [6.07, 6.45) is 1.46. The lowest BCUT2D eigenvalue weighted by molar-refractivity contribution is -0.116. The summed E-state index contributed by atoms with van der Waals surface area (Å²) in [4.78, 5) is 42.2. The minimum absolute atomic E-state index is 0.155. The Bertz CT molecular complexity index is 1180. The first-order valence-electron chi connectivity index (χ1n) is 8.74. The second kappa shape index (κ2) is 7.30. The molecule has 0 radical (unpaired) electrons. The van der Waals surface area contributed by atoms with E-state index in [1.165, 1.54) is 31.0 Å². The number of aromatic nitrogens is 3. The van der Waals surface area contributed by atoms with Crippen LogP contribution in [0.25, 0.3) is 11.0 Å². The predicted molar refractivity (Wildman–Crippen MR) is 107 cm³/mol. The number of nitrogens with one attached hydrogen (secondary N) is 1. The fourth-order valence-corrected chi connectivity index (χ4v) is 3.39. The molecule has 146 valence electrons. The SMILES string of the molecule is COc1ccnc2c1c(=O)n(CC(=O)Nc1c(C)cc(C)cc1C)c(=O)n2C. The molecule has 0 saturated carbocycles. The first-order valence-corrected chi connectivity index (χ1v) is 8.74. The maximum atomic E-state index is 12.9. The van der Waals surface area contributed by atoms with Gasteiger partial charge in [-0.15, -0.1) is 0 Å². The molecule has 1 N–H and O–H groups in total. The van der Waals surface area contributed by atoms with Crippen molar-refractivity contribution in [2.24, 2.45) is 7.05 Å². The molecular weight excluding hydrogens is 360 g/mol. The van der Waals surface area contributed by atoms with Crippen molar-refractivity contribution in [2.75, 3.05) is 12.4 Å². The molecule has 0 saturated heterocycles. The molecule has 0 aliphatic rings. The van der Waals surface area contributed by atoms with E-state index in [4.69, 9.17) is 4.74 Å². The minimum Gasteiger partial charge on any atom is -0.496 e. The van der Waals surface area contributed by atoms with E-state index in [0.717, 1.165) is 21.3 Å². The quantitative estimate of drug-likeness (QED) is 0.741. The van der Waals surface area contributed by atoms with Gasteiger partial charge in [0.2, 0.25) is 5.91 Å². The second-order valence-corrected chi connectivity index (χ2v) is 6.77. The fraction of sp³-hybridized carbons (Fsp3) is 0.300. The zero-order valence-corrected chi connectivity index (χ0v) is 16.5. The molecule has 1 aromatic carbocycles. The number of carbonyl (C=O) groups is 1. The molecule has 0 unspecified atom stereocenters. The fourth-order valence-electron chi connectivity index (χ4n) is 3.39. The first-order chi connectivity index (χ1) is 13.2. The summed E-state index contributed by atoms with van der Waals surface area (Å²) < 4.78 is 7.35. The minimum atomic E-state index is -0.620. The molecule has 3 rings (SSSR count). The number of carbonyl (C=O) groups excluding carboxylic acids is 1. The molecule has 0 aliphatic carbocycles. The molecule has 0 atom stereocenters. The van der Waals surface area contributed by atoms with Crippen LogP contribution in [-0.2, 0) is 18.4 Å². The molecular formula is C20H22N4O4. The van der Waals surface area contributed by atoms with Gasteiger partial charge in [-0.05, 0) is 38.0 Å². The lowest BCUT2D eigenvalue weighted by Gasteiger charge is -2.14. The highest BCUT2D eigenvalue weighted by Crippen LogP contribution is 2.22. The Morgan fingerprint density at radius 2 is 1.82 bits per heavy atom. The number of fused-ring (bicyclic) bond motifs is 1. The number of rotatable bonds is 4. The van der Waals surface area contributed by atoms with Gasteiger partial charge >= 0.3 is 5.69 Å². The summed E-state index contributed by atoms with van der Waals surface area (Å²) in [5.41, 5.74) is 2.57. The summed E-state index contributed by atoms with van der Waals surface area (Å²) in [7, 11) is 2.93. The Balaban J connectivity index is 2.05. The van der Waals surface area contributed by atoms with Gasteiger partial charge in [-0.3, -0.25) is 14.2 Å². The average molecular weight is 382 g/mol. The number of hydrogen-bond acceptors (Lipinski definition) is 5. The van der Waals surface area contributed by atoms with Gasteiger partial charge in [0.05, 0.1) is 7.11 Å². The average Bonchev–Trinajstić information content (AvgIpc) is 2.65. The van der Waals surface area contributed by atoms with E-state index in [2.05, 4.69) is 10.3 Å². The topological polar surface area (TPSA) is 95.2 Å². The van der Waals surface area contributed by atoms with Gasteiger partial charge < -0.3 is 10.1 Å².